The zero-order valence-corrected chi connectivity index (χ0v) is 15.9. The summed E-state index contributed by atoms with van der Waals surface area (Å²) in [7, 11) is 1.71. The fourth-order valence-corrected chi connectivity index (χ4v) is 3.18. The molecule has 0 saturated heterocycles. The van der Waals surface area contributed by atoms with Crippen LogP contribution < -0.4 is 4.90 Å². The van der Waals surface area contributed by atoms with Crippen molar-refractivity contribution in [2.24, 2.45) is 0 Å². The second kappa shape index (κ2) is 8.76. The van der Waals surface area contributed by atoms with Gasteiger partial charge in [-0.3, -0.25) is 4.98 Å². The van der Waals surface area contributed by atoms with Crippen LogP contribution in [-0.4, -0.2) is 46.6 Å². The maximum absolute atomic E-state index is 5.24. The highest BCUT2D eigenvalue weighted by atomic mass is 16.5. The Bertz CT molecular complexity index is 825. The highest BCUT2D eigenvalue weighted by Gasteiger charge is 2.18. The van der Waals surface area contributed by atoms with E-state index in [1.807, 2.05) is 35.4 Å². The Kier molecular flexibility index (Phi) is 6.17. The van der Waals surface area contributed by atoms with Gasteiger partial charge in [-0.2, -0.15) is 5.10 Å². The summed E-state index contributed by atoms with van der Waals surface area (Å²) in [4.78, 5) is 11.2. The van der Waals surface area contributed by atoms with E-state index < -0.39 is 0 Å². The summed E-state index contributed by atoms with van der Waals surface area (Å²) in [5, 5.41) is 5.98. The first kappa shape index (κ1) is 18.3. The molecule has 0 amide bonds. The van der Waals surface area contributed by atoms with Gasteiger partial charge < -0.3 is 9.64 Å². The number of rotatable bonds is 9. The van der Waals surface area contributed by atoms with Gasteiger partial charge in [-0.05, 0) is 36.6 Å². The van der Waals surface area contributed by atoms with Crippen molar-refractivity contribution in [1.82, 2.24) is 19.7 Å². The fourth-order valence-electron chi connectivity index (χ4n) is 3.18. The number of nitrogens with zero attached hydrogens (tertiary/aromatic N) is 5. The highest BCUT2D eigenvalue weighted by molar-refractivity contribution is 5.91. The zero-order valence-electron chi connectivity index (χ0n) is 15.9. The highest BCUT2D eigenvalue weighted by Crippen LogP contribution is 2.29. The molecule has 0 aliphatic rings. The molecule has 26 heavy (non-hydrogen) atoms. The lowest BCUT2D eigenvalue weighted by Gasteiger charge is -2.21. The van der Waals surface area contributed by atoms with Gasteiger partial charge in [0.25, 0.3) is 0 Å². The number of fused-ring (bicyclic) bond motifs is 1. The average Bonchev–Trinajstić information content (AvgIpc) is 3.04. The Labute approximate surface area is 154 Å². The SMILES string of the molecule is CCCN(CCC)c1nn(CCOC)c2ncc(-c3ccncc3)cc12. The van der Waals surface area contributed by atoms with Crippen molar-refractivity contribution < 1.29 is 4.74 Å². The van der Waals surface area contributed by atoms with Gasteiger partial charge in [0, 0.05) is 44.4 Å². The van der Waals surface area contributed by atoms with Gasteiger partial charge in [0.2, 0.25) is 0 Å². The van der Waals surface area contributed by atoms with Crippen molar-refractivity contribution in [3.63, 3.8) is 0 Å². The second-order valence-corrected chi connectivity index (χ2v) is 6.36. The van der Waals surface area contributed by atoms with Crippen molar-refractivity contribution >= 4 is 16.9 Å². The Hall–Kier alpha value is -2.47. The van der Waals surface area contributed by atoms with Crippen LogP contribution in [0.2, 0.25) is 0 Å². The number of hydrogen-bond donors (Lipinski definition) is 0. The van der Waals surface area contributed by atoms with Crippen molar-refractivity contribution in [3.05, 3.63) is 36.8 Å². The van der Waals surface area contributed by atoms with Crippen LogP contribution in [-0.2, 0) is 11.3 Å². The largest absolute Gasteiger partial charge is 0.383 e. The van der Waals surface area contributed by atoms with E-state index in [1.54, 1.807) is 7.11 Å². The first-order valence-corrected chi connectivity index (χ1v) is 9.29. The van der Waals surface area contributed by atoms with Gasteiger partial charge in [-0.25, -0.2) is 9.67 Å². The third-order valence-corrected chi connectivity index (χ3v) is 4.37. The molecule has 0 spiro atoms. The van der Waals surface area contributed by atoms with Crippen molar-refractivity contribution in [2.45, 2.75) is 33.2 Å². The van der Waals surface area contributed by atoms with E-state index in [-0.39, 0.29) is 0 Å². The molecule has 0 atom stereocenters. The smallest absolute Gasteiger partial charge is 0.160 e. The number of hydrogen-bond acceptors (Lipinski definition) is 5. The number of aromatic nitrogens is 4. The Morgan fingerprint density at radius 3 is 2.46 bits per heavy atom. The van der Waals surface area contributed by atoms with Gasteiger partial charge in [0.1, 0.15) is 0 Å². The maximum atomic E-state index is 5.24. The lowest BCUT2D eigenvalue weighted by atomic mass is 10.1. The Morgan fingerprint density at radius 2 is 1.81 bits per heavy atom. The molecule has 0 aromatic carbocycles. The minimum absolute atomic E-state index is 0.617. The first-order valence-electron chi connectivity index (χ1n) is 9.29. The van der Waals surface area contributed by atoms with Gasteiger partial charge in [-0.1, -0.05) is 13.8 Å². The number of pyridine rings is 2. The van der Waals surface area contributed by atoms with Crippen molar-refractivity contribution in [3.8, 4) is 11.1 Å². The minimum Gasteiger partial charge on any atom is -0.383 e. The summed E-state index contributed by atoms with van der Waals surface area (Å²) in [5.74, 6) is 1.02. The van der Waals surface area contributed by atoms with Crippen LogP contribution in [0.1, 0.15) is 26.7 Å². The standard InChI is InChI=1S/C20H27N5O/c1-4-10-24(11-5-2)20-18-14-17(16-6-8-21-9-7-16)15-22-19(18)25(23-20)12-13-26-3/h6-9,14-15H,4-5,10-13H2,1-3H3. The molecular weight excluding hydrogens is 326 g/mol. The Balaban J connectivity index is 2.11. The summed E-state index contributed by atoms with van der Waals surface area (Å²) in [6, 6.07) is 6.21. The van der Waals surface area contributed by atoms with Gasteiger partial charge in [0.15, 0.2) is 11.5 Å². The van der Waals surface area contributed by atoms with Gasteiger partial charge >= 0.3 is 0 Å². The summed E-state index contributed by atoms with van der Waals surface area (Å²) >= 11 is 0. The average molecular weight is 353 g/mol. The quantitative estimate of drug-likeness (QED) is 0.586. The molecule has 0 unspecified atom stereocenters. The van der Waals surface area contributed by atoms with Crippen LogP contribution in [0.25, 0.3) is 22.2 Å². The third kappa shape index (κ3) is 3.85. The summed E-state index contributed by atoms with van der Waals surface area (Å²) in [6.07, 6.45) is 7.70. The molecule has 0 bridgehead atoms. The molecule has 3 aromatic rings. The Morgan fingerprint density at radius 1 is 1.08 bits per heavy atom. The zero-order chi connectivity index (χ0) is 18.4. The molecular formula is C20H27N5O. The van der Waals surface area contributed by atoms with E-state index in [4.69, 9.17) is 14.8 Å². The van der Waals surface area contributed by atoms with E-state index in [9.17, 15) is 0 Å². The molecule has 6 nitrogen and oxygen atoms in total. The van der Waals surface area contributed by atoms with Crippen LogP contribution in [0.4, 0.5) is 5.82 Å². The second-order valence-electron chi connectivity index (χ2n) is 6.36. The molecule has 0 fully saturated rings. The molecule has 138 valence electrons. The maximum Gasteiger partial charge on any atom is 0.160 e. The van der Waals surface area contributed by atoms with E-state index in [0.29, 0.717) is 13.2 Å². The molecule has 0 aliphatic carbocycles. The lowest BCUT2D eigenvalue weighted by Crippen LogP contribution is -2.25. The molecule has 0 saturated carbocycles. The topological polar surface area (TPSA) is 56.1 Å². The normalized spacial score (nSPS) is 11.2. The predicted octanol–water partition coefficient (Wildman–Crippen LogP) is 3.77. The van der Waals surface area contributed by atoms with E-state index in [2.05, 4.69) is 29.8 Å². The van der Waals surface area contributed by atoms with Crippen LogP contribution >= 0.6 is 0 Å². The van der Waals surface area contributed by atoms with E-state index >= 15 is 0 Å². The molecule has 6 heteroatoms. The van der Waals surface area contributed by atoms with Crippen molar-refractivity contribution in [1.29, 1.82) is 0 Å². The lowest BCUT2D eigenvalue weighted by molar-refractivity contribution is 0.184. The third-order valence-electron chi connectivity index (χ3n) is 4.37. The molecule has 3 heterocycles. The van der Waals surface area contributed by atoms with Crippen LogP contribution in [0.15, 0.2) is 36.8 Å². The molecule has 0 radical (unpaired) electrons. The summed E-state index contributed by atoms with van der Waals surface area (Å²) in [6.45, 7) is 7.69. The summed E-state index contributed by atoms with van der Waals surface area (Å²) < 4.78 is 7.20. The number of ether oxygens (including phenoxy) is 1. The van der Waals surface area contributed by atoms with Gasteiger partial charge in [0.05, 0.1) is 18.5 Å². The van der Waals surface area contributed by atoms with Crippen LogP contribution in [0.5, 0.6) is 0 Å². The number of anilines is 1. The molecule has 0 N–H and O–H groups in total. The van der Waals surface area contributed by atoms with E-state index in [0.717, 1.165) is 53.9 Å². The molecule has 0 aliphatic heterocycles. The van der Waals surface area contributed by atoms with Crippen LogP contribution in [0, 0.1) is 0 Å². The number of methoxy groups -OCH3 is 1. The van der Waals surface area contributed by atoms with Crippen LogP contribution in [0.3, 0.4) is 0 Å². The fraction of sp³-hybridized carbons (Fsp3) is 0.450. The van der Waals surface area contributed by atoms with Gasteiger partial charge in [-0.15, -0.1) is 0 Å². The monoisotopic (exact) mass is 353 g/mol. The summed E-state index contributed by atoms with van der Waals surface area (Å²) in [5.41, 5.74) is 3.11. The van der Waals surface area contributed by atoms with E-state index in [1.165, 1.54) is 0 Å². The minimum atomic E-state index is 0.617. The molecule has 3 rings (SSSR count). The van der Waals surface area contributed by atoms with Crippen molar-refractivity contribution in [2.75, 3.05) is 31.7 Å². The first-order chi connectivity index (χ1) is 12.8. The predicted molar refractivity (Wildman–Crippen MR) is 105 cm³/mol. The molecule has 3 aromatic heterocycles.